The van der Waals surface area contributed by atoms with Gasteiger partial charge in [-0.25, -0.2) is 0 Å². The highest BCUT2D eigenvalue weighted by atomic mass is 79.9. The quantitative estimate of drug-likeness (QED) is 0.476. The summed E-state index contributed by atoms with van der Waals surface area (Å²) in [7, 11) is 1.86. The summed E-state index contributed by atoms with van der Waals surface area (Å²) in [5, 5.41) is 7.99. The van der Waals surface area contributed by atoms with Crippen molar-refractivity contribution >= 4 is 27.7 Å². The first-order chi connectivity index (χ1) is 9.17. The highest BCUT2D eigenvalue weighted by molar-refractivity contribution is 9.10. The molecular formula is C12H16BrN5S. The van der Waals surface area contributed by atoms with Crippen molar-refractivity contribution in [2.75, 3.05) is 5.75 Å². The van der Waals surface area contributed by atoms with Crippen LogP contribution in [0.2, 0.25) is 0 Å². The van der Waals surface area contributed by atoms with Crippen molar-refractivity contribution in [1.29, 1.82) is 0 Å². The number of aromatic nitrogens is 3. The van der Waals surface area contributed by atoms with Gasteiger partial charge in [0.05, 0.1) is 5.69 Å². The molecule has 0 radical (unpaired) electrons. The molecule has 7 heteroatoms. The summed E-state index contributed by atoms with van der Waals surface area (Å²) >= 11 is 5.23. The van der Waals surface area contributed by atoms with Crippen LogP contribution in [-0.2, 0) is 13.5 Å². The van der Waals surface area contributed by atoms with Crippen LogP contribution in [0.5, 0.6) is 0 Å². The number of nitrogens with one attached hydrogen (secondary N) is 1. The predicted octanol–water partition coefficient (Wildman–Crippen LogP) is 1.74. The number of benzene rings is 1. The molecule has 0 saturated heterocycles. The standard InChI is InChI=1S/C12H16BrN5S/c1-18-7-10(16-17-18)6-11(15-14)8-19-12-4-2-3-9(13)5-12/h2-5,7,11,15H,6,8,14H2,1H3. The van der Waals surface area contributed by atoms with Gasteiger partial charge in [-0.3, -0.25) is 16.0 Å². The molecule has 1 aromatic carbocycles. The molecule has 0 amide bonds. The molecule has 0 bridgehead atoms. The maximum Gasteiger partial charge on any atom is 0.0843 e. The molecule has 0 saturated carbocycles. The van der Waals surface area contributed by atoms with Gasteiger partial charge in [-0.15, -0.1) is 16.9 Å². The molecule has 5 nitrogen and oxygen atoms in total. The van der Waals surface area contributed by atoms with E-state index in [9.17, 15) is 0 Å². The summed E-state index contributed by atoms with van der Waals surface area (Å²) in [6, 6.07) is 8.40. The molecule has 0 fully saturated rings. The monoisotopic (exact) mass is 341 g/mol. The van der Waals surface area contributed by atoms with Crippen molar-refractivity contribution in [1.82, 2.24) is 20.4 Å². The van der Waals surface area contributed by atoms with Crippen molar-refractivity contribution in [2.24, 2.45) is 12.9 Å². The van der Waals surface area contributed by atoms with Crippen LogP contribution in [0, 0.1) is 0 Å². The molecule has 1 atom stereocenters. The Morgan fingerprint density at radius 3 is 3.00 bits per heavy atom. The van der Waals surface area contributed by atoms with Gasteiger partial charge in [0.15, 0.2) is 0 Å². The first kappa shape index (κ1) is 14.5. The Morgan fingerprint density at radius 2 is 2.37 bits per heavy atom. The van der Waals surface area contributed by atoms with Gasteiger partial charge in [0, 0.05) is 40.8 Å². The predicted molar refractivity (Wildman–Crippen MR) is 80.7 cm³/mol. The fraction of sp³-hybridized carbons (Fsp3) is 0.333. The third-order valence-electron chi connectivity index (χ3n) is 2.59. The summed E-state index contributed by atoms with van der Waals surface area (Å²) in [4.78, 5) is 1.22. The minimum Gasteiger partial charge on any atom is -0.271 e. The Labute approximate surface area is 125 Å². The maximum absolute atomic E-state index is 5.59. The number of nitrogens with zero attached hydrogens (tertiary/aromatic N) is 3. The van der Waals surface area contributed by atoms with Crippen LogP contribution in [0.4, 0.5) is 0 Å². The lowest BCUT2D eigenvalue weighted by Gasteiger charge is -2.13. The molecule has 1 heterocycles. The molecule has 0 spiro atoms. The summed E-state index contributed by atoms with van der Waals surface area (Å²) in [6.07, 6.45) is 2.68. The summed E-state index contributed by atoms with van der Waals surface area (Å²) in [5.74, 6) is 6.47. The number of hydrogen-bond donors (Lipinski definition) is 2. The fourth-order valence-electron chi connectivity index (χ4n) is 1.66. The molecule has 19 heavy (non-hydrogen) atoms. The van der Waals surface area contributed by atoms with E-state index in [-0.39, 0.29) is 6.04 Å². The van der Waals surface area contributed by atoms with Gasteiger partial charge in [-0.05, 0) is 18.2 Å². The summed E-state index contributed by atoms with van der Waals surface area (Å²) < 4.78 is 2.79. The number of rotatable bonds is 6. The minimum atomic E-state index is 0.167. The second kappa shape index (κ2) is 7.04. The van der Waals surface area contributed by atoms with E-state index in [1.165, 1.54) is 4.90 Å². The molecule has 1 aromatic heterocycles. The zero-order chi connectivity index (χ0) is 13.7. The molecule has 0 aliphatic heterocycles. The maximum atomic E-state index is 5.59. The smallest absolute Gasteiger partial charge is 0.0843 e. The van der Waals surface area contributed by atoms with E-state index in [0.29, 0.717) is 0 Å². The lowest BCUT2D eigenvalue weighted by atomic mass is 10.2. The second-order valence-corrected chi connectivity index (χ2v) is 6.23. The third-order valence-corrected chi connectivity index (χ3v) is 4.24. The van der Waals surface area contributed by atoms with Crippen LogP contribution in [0.15, 0.2) is 39.8 Å². The van der Waals surface area contributed by atoms with Gasteiger partial charge in [0.25, 0.3) is 0 Å². The zero-order valence-corrected chi connectivity index (χ0v) is 13.0. The van der Waals surface area contributed by atoms with Crippen molar-refractivity contribution in [3.8, 4) is 0 Å². The lowest BCUT2D eigenvalue weighted by molar-refractivity contribution is 0.568. The summed E-state index contributed by atoms with van der Waals surface area (Å²) in [6.45, 7) is 0. The summed E-state index contributed by atoms with van der Waals surface area (Å²) in [5.41, 5.74) is 3.78. The van der Waals surface area contributed by atoms with Crippen molar-refractivity contribution in [3.63, 3.8) is 0 Å². The average Bonchev–Trinajstić information content (AvgIpc) is 2.80. The fourth-order valence-corrected chi connectivity index (χ4v) is 3.20. The van der Waals surface area contributed by atoms with E-state index in [0.717, 1.165) is 22.3 Å². The Kier molecular flexibility index (Phi) is 5.38. The highest BCUT2D eigenvalue weighted by Gasteiger charge is 2.11. The molecular weight excluding hydrogens is 326 g/mol. The largest absolute Gasteiger partial charge is 0.271 e. The van der Waals surface area contributed by atoms with E-state index < -0.39 is 0 Å². The van der Waals surface area contributed by atoms with Crippen LogP contribution < -0.4 is 11.3 Å². The van der Waals surface area contributed by atoms with Gasteiger partial charge in [-0.2, -0.15) is 0 Å². The zero-order valence-electron chi connectivity index (χ0n) is 10.6. The molecule has 102 valence electrons. The highest BCUT2D eigenvalue weighted by Crippen LogP contribution is 2.22. The van der Waals surface area contributed by atoms with E-state index in [1.807, 2.05) is 25.4 Å². The van der Waals surface area contributed by atoms with Crippen molar-refractivity contribution in [2.45, 2.75) is 17.4 Å². The van der Waals surface area contributed by atoms with E-state index >= 15 is 0 Å². The van der Waals surface area contributed by atoms with Crippen molar-refractivity contribution in [3.05, 3.63) is 40.6 Å². The van der Waals surface area contributed by atoms with Crippen LogP contribution in [-0.4, -0.2) is 26.8 Å². The SMILES string of the molecule is Cn1cc(CC(CSc2cccc(Br)c2)NN)nn1. The number of halogens is 1. The molecule has 0 aliphatic rings. The number of hydrazine groups is 1. The Balaban J connectivity index is 1.89. The topological polar surface area (TPSA) is 68.8 Å². The van der Waals surface area contributed by atoms with E-state index in [1.54, 1.807) is 16.4 Å². The molecule has 1 unspecified atom stereocenters. The van der Waals surface area contributed by atoms with Gasteiger partial charge in [-0.1, -0.05) is 27.2 Å². The average molecular weight is 342 g/mol. The van der Waals surface area contributed by atoms with Crippen LogP contribution >= 0.6 is 27.7 Å². The van der Waals surface area contributed by atoms with E-state index in [4.69, 9.17) is 5.84 Å². The number of nitrogens with two attached hydrogens (primary N) is 1. The van der Waals surface area contributed by atoms with Gasteiger partial charge < -0.3 is 0 Å². The molecule has 2 aromatic rings. The van der Waals surface area contributed by atoms with E-state index in [2.05, 4.69) is 43.8 Å². The Bertz CT molecular complexity index is 530. The van der Waals surface area contributed by atoms with Crippen molar-refractivity contribution < 1.29 is 0 Å². The number of thioether (sulfide) groups is 1. The minimum absolute atomic E-state index is 0.167. The number of aryl methyl sites for hydroxylation is 1. The third kappa shape index (κ3) is 4.61. The molecule has 3 N–H and O–H groups in total. The first-order valence-corrected chi connectivity index (χ1v) is 7.65. The first-order valence-electron chi connectivity index (χ1n) is 5.87. The second-order valence-electron chi connectivity index (χ2n) is 4.22. The van der Waals surface area contributed by atoms with Crippen LogP contribution in [0.25, 0.3) is 0 Å². The molecule has 0 aliphatic carbocycles. The Morgan fingerprint density at radius 1 is 1.53 bits per heavy atom. The molecule has 2 rings (SSSR count). The van der Waals surface area contributed by atoms with Gasteiger partial charge >= 0.3 is 0 Å². The van der Waals surface area contributed by atoms with Crippen LogP contribution in [0.3, 0.4) is 0 Å². The Hall–Kier alpha value is -0.890. The lowest BCUT2D eigenvalue weighted by Crippen LogP contribution is -2.38. The van der Waals surface area contributed by atoms with Gasteiger partial charge in [0.2, 0.25) is 0 Å². The van der Waals surface area contributed by atoms with Crippen LogP contribution in [0.1, 0.15) is 5.69 Å². The normalized spacial score (nSPS) is 12.6. The number of hydrogen-bond acceptors (Lipinski definition) is 5. The van der Waals surface area contributed by atoms with Gasteiger partial charge in [0.1, 0.15) is 0 Å².